The second-order valence-corrected chi connectivity index (χ2v) is 7.62. The van der Waals surface area contributed by atoms with Crippen LogP contribution in [0.2, 0.25) is 0 Å². The van der Waals surface area contributed by atoms with Crippen molar-refractivity contribution in [2.75, 3.05) is 30.5 Å². The average Bonchev–Trinajstić information content (AvgIpc) is 2.56. The minimum Gasteiger partial charge on any atom is -0.340 e. The minimum absolute atomic E-state index is 0.107. The van der Waals surface area contributed by atoms with E-state index in [4.69, 9.17) is 0 Å². The molecule has 0 saturated heterocycles. The van der Waals surface area contributed by atoms with Crippen LogP contribution in [0, 0.1) is 0 Å². The second-order valence-electron chi connectivity index (χ2n) is 5.32. The van der Waals surface area contributed by atoms with Crippen molar-refractivity contribution in [2.45, 2.75) is 6.42 Å². The molecule has 2 rings (SSSR count). The third kappa shape index (κ3) is 5.32. The van der Waals surface area contributed by atoms with Gasteiger partial charge in [0.05, 0.1) is 17.6 Å². The topological polar surface area (TPSA) is 91.4 Å². The summed E-state index contributed by atoms with van der Waals surface area (Å²) in [5.74, 6) is 0.0489. The fraction of sp³-hybridized carbons (Fsp3) is 0.250. The maximum Gasteiger partial charge on any atom is 0.225 e. The summed E-state index contributed by atoms with van der Waals surface area (Å²) in [7, 11) is -0.500. The summed E-state index contributed by atoms with van der Waals surface area (Å²) in [6, 6.07) is 13.0. The van der Waals surface area contributed by atoms with Gasteiger partial charge in [0.2, 0.25) is 15.9 Å². The first-order valence-electron chi connectivity index (χ1n) is 7.35. The lowest BCUT2D eigenvalue weighted by Crippen LogP contribution is -2.27. The maximum atomic E-state index is 11.8. The molecular weight excluding hydrogens is 328 g/mol. The van der Waals surface area contributed by atoms with Crippen LogP contribution in [0.4, 0.5) is 17.2 Å². The molecule has 0 aliphatic rings. The normalized spacial score (nSPS) is 11.3. The van der Waals surface area contributed by atoms with Crippen molar-refractivity contribution in [3.63, 3.8) is 0 Å². The molecule has 1 aromatic heterocycles. The summed E-state index contributed by atoms with van der Waals surface area (Å²) in [4.78, 5) is 16.0. The lowest BCUT2D eigenvalue weighted by Gasteiger charge is -2.11. The molecule has 0 bridgehead atoms. The number of benzene rings is 1. The number of para-hydroxylation sites is 1. The van der Waals surface area contributed by atoms with E-state index in [9.17, 15) is 13.2 Å². The highest BCUT2D eigenvalue weighted by Gasteiger charge is 2.15. The van der Waals surface area contributed by atoms with Crippen LogP contribution in [-0.2, 0) is 14.8 Å². The Balaban J connectivity index is 1.88. The minimum atomic E-state index is -3.38. The number of rotatable bonds is 7. The smallest absolute Gasteiger partial charge is 0.225 e. The lowest BCUT2D eigenvalue weighted by atomic mass is 10.3. The summed E-state index contributed by atoms with van der Waals surface area (Å²) in [6.45, 7) is 0. The molecule has 0 spiro atoms. The van der Waals surface area contributed by atoms with Crippen molar-refractivity contribution in [2.24, 2.45) is 0 Å². The fourth-order valence-corrected chi connectivity index (χ4v) is 2.65. The number of hydrogen-bond acceptors (Lipinski definition) is 5. The van der Waals surface area contributed by atoms with Crippen LogP contribution >= 0.6 is 0 Å². The Morgan fingerprint density at radius 2 is 1.79 bits per heavy atom. The molecule has 1 amide bonds. The summed E-state index contributed by atoms with van der Waals surface area (Å²) >= 11 is 0. The molecule has 128 valence electrons. The number of pyridine rings is 1. The molecular formula is C16H20N4O3S. The van der Waals surface area contributed by atoms with Gasteiger partial charge in [0.15, 0.2) is 0 Å². The molecule has 0 radical (unpaired) electrons. The largest absolute Gasteiger partial charge is 0.340 e. The first-order chi connectivity index (χ1) is 11.4. The number of amides is 1. The van der Waals surface area contributed by atoms with E-state index in [2.05, 4.69) is 15.6 Å². The zero-order valence-electron chi connectivity index (χ0n) is 13.6. The van der Waals surface area contributed by atoms with Crippen molar-refractivity contribution in [3.05, 3.63) is 48.7 Å². The van der Waals surface area contributed by atoms with Gasteiger partial charge in [-0.2, -0.15) is 0 Å². The van der Waals surface area contributed by atoms with E-state index in [1.54, 1.807) is 12.1 Å². The first kappa shape index (κ1) is 17.9. The Morgan fingerprint density at radius 3 is 2.38 bits per heavy atom. The van der Waals surface area contributed by atoms with Crippen molar-refractivity contribution in [1.82, 2.24) is 9.29 Å². The van der Waals surface area contributed by atoms with Gasteiger partial charge in [-0.05, 0) is 24.3 Å². The predicted molar refractivity (Wildman–Crippen MR) is 94.7 cm³/mol. The van der Waals surface area contributed by atoms with Crippen molar-refractivity contribution in [3.8, 4) is 0 Å². The van der Waals surface area contributed by atoms with E-state index in [1.165, 1.54) is 20.3 Å². The van der Waals surface area contributed by atoms with Crippen molar-refractivity contribution < 1.29 is 13.2 Å². The summed E-state index contributed by atoms with van der Waals surface area (Å²) in [6.07, 6.45) is 1.41. The number of carbonyl (C=O) groups is 1. The van der Waals surface area contributed by atoms with E-state index >= 15 is 0 Å². The van der Waals surface area contributed by atoms with Crippen molar-refractivity contribution in [1.29, 1.82) is 0 Å². The molecule has 0 aliphatic carbocycles. The molecule has 1 aromatic carbocycles. The fourth-order valence-electron chi connectivity index (χ4n) is 1.84. The lowest BCUT2D eigenvalue weighted by molar-refractivity contribution is -0.115. The van der Waals surface area contributed by atoms with Crippen LogP contribution < -0.4 is 10.6 Å². The van der Waals surface area contributed by atoms with E-state index in [0.717, 1.165) is 9.99 Å². The Bertz CT molecular complexity index is 775. The van der Waals surface area contributed by atoms with Crippen LogP contribution in [0.25, 0.3) is 0 Å². The van der Waals surface area contributed by atoms with Crippen LogP contribution in [0.5, 0.6) is 0 Å². The Labute approximate surface area is 141 Å². The van der Waals surface area contributed by atoms with Gasteiger partial charge in [-0.3, -0.25) is 4.79 Å². The summed E-state index contributed by atoms with van der Waals surface area (Å²) in [5, 5.41) is 5.77. The third-order valence-corrected chi connectivity index (χ3v) is 5.07. The molecule has 0 unspecified atom stereocenters. The predicted octanol–water partition coefficient (Wildman–Crippen LogP) is 2.05. The summed E-state index contributed by atoms with van der Waals surface area (Å²) < 4.78 is 24.4. The highest BCUT2D eigenvalue weighted by Crippen LogP contribution is 2.15. The number of nitrogens with zero attached hydrogens (tertiary/aromatic N) is 2. The Morgan fingerprint density at radius 1 is 1.08 bits per heavy atom. The first-order valence-corrected chi connectivity index (χ1v) is 8.96. The molecule has 1 heterocycles. The highest BCUT2D eigenvalue weighted by atomic mass is 32.2. The van der Waals surface area contributed by atoms with Gasteiger partial charge in [0.1, 0.15) is 5.82 Å². The molecule has 2 N–H and O–H groups in total. The Hall–Kier alpha value is -2.45. The zero-order valence-corrected chi connectivity index (χ0v) is 14.4. The van der Waals surface area contributed by atoms with E-state index in [-0.39, 0.29) is 18.1 Å². The quantitative estimate of drug-likeness (QED) is 0.799. The number of nitrogens with one attached hydrogen (secondary N) is 2. The van der Waals surface area contributed by atoms with Gasteiger partial charge in [0.25, 0.3) is 0 Å². The third-order valence-electron chi connectivity index (χ3n) is 3.24. The van der Waals surface area contributed by atoms with Crippen molar-refractivity contribution >= 4 is 33.1 Å². The standard InChI is InChI=1S/C16H20N4O3S/c1-20(2)24(22,23)11-10-16(21)19-14-8-9-15(17-12-14)18-13-6-4-3-5-7-13/h3-9,12H,10-11H2,1-2H3,(H,17,18)(H,19,21). The van der Waals surface area contributed by atoms with Crippen LogP contribution in [-0.4, -0.2) is 43.5 Å². The van der Waals surface area contributed by atoms with Crippen LogP contribution in [0.3, 0.4) is 0 Å². The van der Waals surface area contributed by atoms with E-state index < -0.39 is 10.0 Å². The number of carbonyl (C=O) groups excluding carboxylic acids is 1. The van der Waals surface area contributed by atoms with Gasteiger partial charge >= 0.3 is 0 Å². The molecule has 8 heteroatoms. The SMILES string of the molecule is CN(C)S(=O)(=O)CCC(=O)Nc1ccc(Nc2ccccc2)nc1. The molecule has 7 nitrogen and oxygen atoms in total. The highest BCUT2D eigenvalue weighted by molar-refractivity contribution is 7.89. The molecule has 0 aliphatic heterocycles. The molecule has 0 atom stereocenters. The van der Waals surface area contributed by atoms with Gasteiger partial charge in [-0.25, -0.2) is 17.7 Å². The van der Waals surface area contributed by atoms with Crippen LogP contribution in [0.15, 0.2) is 48.7 Å². The molecule has 0 saturated carbocycles. The van der Waals surface area contributed by atoms with Gasteiger partial charge in [-0.1, -0.05) is 18.2 Å². The van der Waals surface area contributed by atoms with Gasteiger partial charge in [0, 0.05) is 26.2 Å². The molecule has 24 heavy (non-hydrogen) atoms. The summed E-state index contributed by atoms with van der Waals surface area (Å²) in [5.41, 5.74) is 1.43. The van der Waals surface area contributed by atoms with E-state index in [1.807, 2.05) is 30.3 Å². The number of hydrogen-bond donors (Lipinski definition) is 2. The van der Waals surface area contributed by atoms with Crippen LogP contribution in [0.1, 0.15) is 6.42 Å². The number of aromatic nitrogens is 1. The number of anilines is 3. The zero-order chi connectivity index (χ0) is 17.6. The van der Waals surface area contributed by atoms with E-state index in [0.29, 0.717) is 11.5 Å². The maximum absolute atomic E-state index is 11.8. The average molecular weight is 348 g/mol. The second kappa shape index (κ2) is 7.89. The number of sulfonamides is 1. The van der Waals surface area contributed by atoms with Gasteiger partial charge in [-0.15, -0.1) is 0 Å². The molecule has 0 fully saturated rings. The van der Waals surface area contributed by atoms with Gasteiger partial charge < -0.3 is 10.6 Å². The molecule has 2 aromatic rings. The Kier molecular flexibility index (Phi) is 5.88. The monoisotopic (exact) mass is 348 g/mol.